The van der Waals surface area contributed by atoms with E-state index in [1.807, 2.05) is 13.8 Å². The average Bonchev–Trinajstić information content (AvgIpc) is 2.37. The molecule has 1 aromatic rings. The van der Waals surface area contributed by atoms with E-state index in [-0.39, 0.29) is 5.97 Å². The van der Waals surface area contributed by atoms with E-state index in [4.69, 9.17) is 14.2 Å². The Morgan fingerprint density at radius 3 is 2.33 bits per heavy atom. The summed E-state index contributed by atoms with van der Waals surface area (Å²) >= 11 is 0. The van der Waals surface area contributed by atoms with Crippen LogP contribution < -0.4 is 9.47 Å². The maximum absolute atomic E-state index is 11.3. The summed E-state index contributed by atoms with van der Waals surface area (Å²) in [5.41, 5.74) is 0. The SMILES string of the molecule is CCCC(=O)Oc1ccc(OCCOCC)cc1. The minimum absolute atomic E-state index is 0.206. The molecule has 0 aliphatic carbocycles. The molecule has 18 heavy (non-hydrogen) atoms. The first-order valence-corrected chi connectivity index (χ1v) is 6.27. The van der Waals surface area contributed by atoms with Gasteiger partial charge < -0.3 is 14.2 Å². The normalized spacial score (nSPS) is 10.1. The van der Waals surface area contributed by atoms with Crippen molar-refractivity contribution in [3.63, 3.8) is 0 Å². The van der Waals surface area contributed by atoms with Crippen LogP contribution in [0.1, 0.15) is 26.7 Å². The van der Waals surface area contributed by atoms with Crippen LogP contribution >= 0.6 is 0 Å². The molecule has 4 nitrogen and oxygen atoms in total. The van der Waals surface area contributed by atoms with Gasteiger partial charge in [0.05, 0.1) is 6.61 Å². The van der Waals surface area contributed by atoms with Crippen LogP contribution in [0.15, 0.2) is 24.3 Å². The van der Waals surface area contributed by atoms with E-state index in [1.165, 1.54) is 0 Å². The molecule has 0 radical (unpaired) electrons. The minimum atomic E-state index is -0.206. The Balaban J connectivity index is 2.35. The van der Waals surface area contributed by atoms with Crippen molar-refractivity contribution in [2.75, 3.05) is 19.8 Å². The van der Waals surface area contributed by atoms with E-state index in [0.717, 1.165) is 12.2 Å². The van der Waals surface area contributed by atoms with Crippen LogP contribution in [0.25, 0.3) is 0 Å². The summed E-state index contributed by atoms with van der Waals surface area (Å²) in [5.74, 6) is 1.08. The molecule has 0 aromatic heterocycles. The van der Waals surface area contributed by atoms with Gasteiger partial charge in [-0.15, -0.1) is 0 Å². The molecule has 0 aliphatic heterocycles. The van der Waals surface area contributed by atoms with Crippen molar-refractivity contribution in [3.05, 3.63) is 24.3 Å². The summed E-state index contributed by atoms with van der Waals surface area (Å²) in [7, 11) is 0. The minimum Gasteiger partial charge on any atom is -0.491 e. The van der Waals surface area contributed by atoms with Gasteiger partial charge in [-0.3, -0.25) is 4.79 Å². The third kappa shape index (κ3) is 5.68. The van der Waals surface area contributed by atoms with Gasteiger partial charge in [0.1, 0.15) is 18.1 Å². The van der Waals surface area contributed by atoms with Gasteiger partial charge in [-0.2, -0.15) is 0 Å². The molecule has 0 saturated heterocycles. The van der Waals surface area contributed by atoms with Crippen molar-refractivity contribution in [2.45, 2.75) is 26.7 Å². The maximum atomic E-state index is 11.3. The lowest BCUT2D eigenvalue weighted by molar-refractivity contribution is -0.134. The molecule has 100 valence electrons. The fraction of sp³-hybridized carbons (Fsp3) is 0.500. The summed E-state index contributed by atoms with van der Waals surface area (Å²) in [6, 6.07) is 7.01. The predicted molar refractivity (Wildman–Crippen MR) is 69.0 cm³/mol. The van der Waals surface area contributed by atoms with E-state index >= 15 is 0 Å². The smallest absolute Gasteiger partial charge is 0.311 e. The molecule has 1 aromatic carbocycles. The van der Waals surface area contributed by atoms with Crippen molar-refractivity contribution in [1.82, 2.24) is 0 Å². The molecular weight excluding hydrogens is 232 g/mol. The third-order valence-corrected chi connectivity index (χ3v) is 2.21. The molecule has 0 fully saturated rings. The van der Waals surface area contributed by atoms with Gasteiger partial charge in [0.25, 0.3) is 0 Å². The standard InChI is InChI=1S/C14H20O4/c1-3-5-14(15)18-13-8-6-12(7-9-13)17-11-10-16-4-2/h6-9H,3-5,10-11H2,1-2H3. The number of rotatable bonds is 8. The molecule has 0 bridgehead atoms. The molecule has 0 unspecified atom stereocenters. The Labute approximate surface area is 108 Å². The van der Waals surface area contributed by atoms with Crippen molar-refractivity contribution < 1.29 is 19.0 Å². The van der Waals surface area contributed by atoms with Gasteiger partial charge in [-0.05, 0) is 37.6 Å². The molecule has 0 saturated carbocycles. The van der Waals surface area contributed by atoms with E-state index in [1.54, 1.807) is 24.3 Å². The van der Waals surface area contributed by atoms with E-state index in [9.17, 15) is 4.79 Å². The second-order valence-corrected chi connectivity index (χ2v) is 3.74. The molecule has 1 rings (SSSR count). The molecular formula is C14H20O4. The summed E-state index contributed by atoms with van der Waals surface area (Å²) in [5, 5.41) is 0. The van der Waals surface area contributed by atoms with E-state index in [2.05, 4.69) is 0 Å². The Kier molecular flexibility index (Phi) is 6.87. The quantitative estimate of drug-likeness (QED) is 0.405. The Morgan fingerprint density at radius 1 is 1.06 bits per heavy atom. The first kappa shape index (κ1) is 14.5. The van der Waals surface area contributed by atoms with Gasteiger partial charge in [0.2, 0.25) is 0 Å². The first-order chi connectivity index (χ1) is 8.76. The Morgan fingerprint density at radius 2 is 1.72 bits per heavy atom. The average molecular weight is 252 g/mol. The lowest BCUT2D eigenvalue weighted by Gasteiger charge is -2.07. The number of carbonyl (C=O) groups excluding carboxylic acids is 1. The van der Waals surface area contributed by atoms with Gasteiger partial charge in [0, 0.05) is 13.0 Å². The highest BCUT2D eigenvalue weighted by Crippen LogP contribution is 2.18. The van der Waals surface area contributed by atoms with Crippen molar-refractivity contribution in [1.29, 1.82) is 0 Å². The maximum Gasteiger partial charge on any atom is 0.311 e. The van der Waals surface area contributed by atoms with Crippen LogP contribution in [0.5, 0.6) is 11.5 Å². The van der Waals surface area contributed by atoms with E-state index < -0.39 is 0 Å². The number of hydrogen-bond acceptors (Lipinski definition) is 4. The lowest BCUT2D eigenvalue weighted by atomic mass is 10.3. The third-order valence-electron chi connectivity index (χ3n) is 2.21. The van der Waals surface area contributed by atoms with Gasteiger partial charge in [-0.1, -0.05) is 6.92 Å². The summed E-state index contributed by atoms with van der Waals surface area (Å²) < 4.78 is 15.7. The van der Waals surface area contributed by atoms with Crippen LogP contribution in [0.4, 0.5) is 0 Å². The Hall–Kier alpha value is -1.55. The first-order valence-electron chi connectivity index (χ1n) is 6.27. The molecule has 0 aliphatic rings. The molecule has 4 heteroatoms. The zero-order valence-electron chi connectivity index (χ0n) is 11.0. The second-order valence-electron chi connectivity index (χ2n) is 3.74. The summed E-state index contributed by atoms with van der Waals surface area (Å²) in [4.78, 5) is 11.3. The van der Waals surface area contributed by atoms with Crippen LogP contribution in [0, 0.1) is 0 Å². The number of esters is 1. The zero-order valence-corrected chi connectivity index (χ0v) is 11.0. The highest BCUT2D eigenvalue weighted by Gasteiger charge is 2.03. The van der Waals surface area contributed by atoms with Crippen molar-refractivity contribution in [3.8, 4) is 11.5 Å². The molecule has 0 heterocycles. The monoisotopic (exact) mass is 252 g/mol. The fourth-order valence-electron chi connectivity index (χ4n) is 1.35. The summed E-state index contributed by atoms with van der Waals surface area (Å²) in [6.07, 6.45) is 1.23. The van der Waals surface area contributed by atoms with Crippen LogP contribution in [-0.4, -0.2) is 25.8 Å². The highest BCUT2D eigenvalue weighted by atomic mass is 16.5. The van der Waals surface area contributed by atoms with Crippen molar-refractivity contribution >= 4 is 5.97 Å². The molecule has 0 amide bonds. The second kappa shape index (κ2) is 8.53. The van der Waals surface area contributed by atoms with Crippen LogP contribution in [-0.2, 0) is 9.53 Å². The topological polar surface area (TPSA) is 44.8 Å². The fourth-order valence-corrected chi connectivity index (χ4v) is 1.35. The van der Waals surface area contributed by atoms with Crippen LogP contribution in [0.2, 0.25) is 0 Å². The summed E-state index contributed by atoms with van der Waals surface area (Å²) in [6.45, 7) is 5.66. The zero-order chi connectivity index (χ0) is 13.2. The number of carbonyl (C=O) groups is 1. The number of benzene rings is 1. The highest BCUT2D eigenvalue weighted by molar-refractivity contribution is 5.72. The van der Waals surface area contributed by atoms with E-state index in [0.29, 0.717) is 32.0 Å². The Bertz CT molecular complexity index is 345. The van der Waals surface area contributed by atoms with Gasteiger partial charge in [-0.25, -0.2) is 0 Å². The number of ether oxygens (including phenoxy) is 3. The van der Waals surface area contributed by atoms with Crippen LogP contribution in [0.3, 0.4) is 0 Å². The molecule has 0 atom stereocenters. The molecule has 0 N–H and O–H groups in total. The number of hydrogen-bond donors (Lipinski definition) is 0. The largest absolute Gasteiger partial charge is 0.491 e. The lowest BCUT2D eigenvalue weighted by Crippen LogP contribution is -2.07. The van der Waals surface area contributed by atoms with Gasteiger partial charge >= 0.3 is 5.97 Å². The van der Waals surface area contributed by atoms with Gasteiger partial charge in [0.15, 0.2) is 0 Å². The molecule has 0 spiro atoms. The van der Waals surface area contributed by atoms with Crippen molar-refractivity contribution in [2.24, 2.45) is 0 Å². The predicted octanol–water partition coefficient (Wildman–Crippen LogP) is 2.81.